The summed E-state index contributed by atoms with van der Waals surface area (Å²) in [4.78, 5) is 6.04. The molecule has 2 nitrogen and oxygen atoms in total. The number of aromatic nitrogens is 1. The van der Waals surface area contributed by atoms with Crippen molar-refractivity contribution in [2.45, 2.75) is 32.1 Å². The van der Waals surface area contributed by atoms with Crippen LogP contribution in [0.1, 0.15) is 39.8 Å². The SMILES string of the molecule is Cc1cccc(Cc2cnc(C3CCNCC3)s2)c1. The standard InChI is InChI=1S/C16H20N2S/c1-12-3-2-4-13(9-12)10-15-11-18-16(19-15)14-5-7-17-8-6-14/h2-4,9,11,14,17H,5-8,10H2,1H3. The van der Waals surface area contributed by atoms with Gasteiger partial charge in [0.1, 0.15) is 0 Å². The normalized spacial score (nSPS) is 16.7. The first-order chi connectivity index (χ1) is 9.31. The summed E-state index contributed by atoms with van der Waals surface area (Å²) in [5, 5.41) is 4.75. The Kier molecular flexibility index (Phi) is 3.95. The van der Waals surface area contributed by atoms with Crippen LogP contribution in [-0.4, -0.2) is 18.1 Å². The van der Waals surface area contributed by atoms with Gasteiger partial charge in [0.2, 0.25) is 0 Å². The van der Waals surface area contributed by atoms with E-state index < -0.39 is 0 Å². The van der Waals surface area contributed by atoms with Gasteiger partial charge in [-0.25, -0.2) is 4.98 Å². The molecule has 0 radical (unpaired) electrons. The summed E-state index contributed by atoms with van der Waals surface area (Å²) in [7, 11) is 0. The van der Waals surface area contributed by atoms with Crippen molar-refractivity contribution in [3.63, 3.8) is 0 Å². The second-order valence-electron chi connectivity index (χ2n) is 5.35. The lowest BCUT2D eigenvalue weighted by Gasteiger charge is -2.20. The average Bonchev–Trinajstić information content (AvgIpc) is 2.88. The van der Waals surface area contributed by atoms with Gasteiger partial charge in [-0.2, -0.15) is 0 Å². The first-order valence-corrected chi connectivity index (χ1v) is 7.84. The van der Waals surface area contributed by atoms with Gasteiger partial charge in [0.05, 0.1) is 5.01 Å². The van der Waals surface area contributed by atoms with Crippen LogP contribution >= 0.6 is 11.3 Å². The molecule has 0 aliphatic carbocycles. The number of aryl methyl sites for hydroxylation is 1. The van der Waals surface area contributed by atoms with Crippen LogP contribution in [0.25, 0.3) is 0 Å². The van der Waals surface area contributed by atoms with Crippen molar-refractivity contribution < 1.29 is 0 Å². The van der Waals surface area contributed by atoms with E-state index in [0.717, 1.165) is 19.5 Å². The zero-order chi connectivity index (χ0) is 13.1. The van der Waals surface area contributed by atoms with E-state index >= 15 is 0 Å². The number of rotatable bonds is 3. The summed E-state index contributed by atoms with van der Waals surface area (Å²) in [5.41, 5.74) is 2.72. The number of hydrogen-bond acceptors (Lipinski definition) is 3. The fourth-order valence-electron chi connectivity index (χ4n) is 2.69. The molecule has 19 heavy (non-hydrogen) atoms. The molecule has 1 N–H and O–H groups in total. The minimum absolute atomic E-state index is 0.678. The second-order valence-corrected chi connectivity index (χ2v) is 6.50. The van der Waals surface area contributed by atoms with Gasteiger partial charge in [-0.05, 0) is 38.4 Å². The monoisotopic (exact) mass is 272 g/mol. The summed E-state index contributed by atoms with van der Waals surface area (Å²) in [6.07, 6.45) is 5.56. The third-order valence-electron chi connectivity index (χ3n) is 3.72. The summed E-state index contributed by atoms with van der Waals surface area (Å²) in [6, 6.07) is 8.76. The Morgan fingerprint density at radius 1 is 1.32 bits per heavy atom. The highest BCUT2D eigenvalue weighted by atomic mass is 32.1. The number of piperidine rings is 1. The van der Waals surface area contributed by atoms with Crippen LogP contribution < -0.4 is 5.32 Å². The van der Waals surface area contributed by atoms with Gasteiger partial charge in [-0.3, -0.25) is 0 Å². The van der Waals surface area contributed by atoms with E-state index in [0.29, 0.717) is 5.92 Å². The first-order valence-electron chi connectivity index (χ1n) is 7.02. The minimum atomic E-state index is 0.678. The van der Waals surface area contributed by atoms with E-state index in [9.17, 15) is 0 Å². The highest BCUT2D eigenvalue weighted by Crippen LogP contribution is 2.29. The van der Waals surface area contributed by atoms with Crippen molar-refractivity contribution >= 4 is 11.3 Å². The fourth-order valence-corrected chi connectivity index (χ4v) is 3.81. The van der Waals surface area contributed by atoms with E-state index in [1.54, 1.807) is 0 Å². The molecule has 100 valence electrons. The van der Waals surface area contributed by atoms with Crippen LogP contribution in [0.4, 0.5) is 0 Å². The Hall–Kier alpha value is -1.19. The molecule has 0 saturated carbocycles. The van der Waals surface area contributed by atoms with Gasteiger partial charge in [0.25, 0.3) is 0 Å². The van der Waals surface area contributed by atoms with Crippen molar-refractivity contribution in [3.05, 3.63) is 51.5 Å². The molecule has 0 spiro atoms. The summed E-state index contributed by atoms with van der Waals surface area (Å²) < 4.78 is 0. The van der Waals surface area contributed by atoms with Crippen molar-refractivity contribution in [1.82, 2.24) is 10.3 Å². The predicted octanol–water partition coefficient (Wildman–Crippen LogP) is 3.51. The van der Waals surface area contributed by atoms with Crippen LogP contribution in [0.2, 0.25) is 0 Å². The summed E-state index contributed by atoms with van der Waals surface area (Å²) in [6.45, 7) is 4.42. The topological polar surface area (TPSA) is 24.9 Å². The molecule has 0 unspecified atom stereocenters. The highest BCUT2D eigenvalue weighted by Gasteiger charge is 2.18. The van der Waals surface area contributed by atoms with Gasteiger partial charge >= 0.3 is 0 Å². The average molecular weight is 272 g/mol. The second kappa shape index (κ2) is 5.85. The zero-order valence-corrected chi connectivity index (χ0v) is 12.2. The van der Waals surface area contributed by atoms with Crippen LogP contribution in [0.3, 0.4) is 0 Å². The predicted molar refractivity (Wildman–Crippen MR) is 80.9 cm³/mol. The van der Waals surface area contributed by atoms with Crippen molar-refractivity contribution in [2.24, 2.45) is 0 Å². The van der Waals surface area contributed by atoms with Gasteiger partial charge < -0.3 is 5.32 Å². The maximum Gasteiger partial charge on any atom is 0.0959 e. The maximum absolute atomic E-state index is 4.65. The smallest absolute Gasteiger partial charge is 0.0959 e. The highest BCUT2D eigenvalue weighted by molar-refractivity contribution is 7.11. The number of benzene rings is 1. The molecule has 1 saturated heterocycles. The Morgan fingerprint density at radius 2 is 2.16 bits per heavy atom. The van der Waals surface area contributed by atoms with Crippen molar-refractivity contribution in [1.29, 1.82) is 0 Å². The van der Waals surface area contributed by atoms with Crippen LogP contribution in [0, 0.1) is 6.92 Å². The molecule has 0 atom stereocenters. The van der Waals surface area contributed by atoms with E-state index in [-0.39, 0.29) is 0 Å². The number of thiazole rings is 1. The maximum atomic E-state index is 4.65. The molecule has 2 aromatic rings. The molecular weight excluding hydrogens is 252 g/mol. The van der Waals surface area contributed by atoms with Crippen LogP contribution in [0.15, 0.2) is 30.5 Å². The first kappa shape index (κ1) is 12.8. The largest absolute Gasteiger partial charge is 0.317 e. The molecule has 3 heteroatoms. The fraction of sp³-hybridized carbons (Fsp3) is 0.438. The lowest BCUT2D eigenvalue weighted by Crippen LogP contribution is -2.26. The molecule has 1 fully saturated rings. The van der Waals surface area contributed by atoms with E-state index in [1.807, 2.05) is 11.3 Å². The minimum Gasteiger partial charge on any atom is -0.317 e. The molecule has 1 aromatic heterocycles. The molecule has 2 heterocycles. The Morgan fingerprint density at radius 3 is 2.95 bits per heavy atom. The molecule has 0 bridgehead atoms. The van der Waals surface area contributed by atoms with Crippen molar-refractivity contribution in [2.75, 3.05) is 13.1 Å². The van der Waals surface area contributed by atoms with Crippen molar-refractivity contribution in [3.8, 4) is 0 Å². The summed E-state index contributed by atoms with van der Waals surface area (Å²) in [5.74, 6) is 0.678. The Balaban J connectivity index is 1.70. The Bertz CT molecular complexity index is 541. The molecule has 1 aliphatic rings. The molecule has 3 rings (SSSR count). The molecular formula is C16H20N2S. The third kappa shape index (κ3) is 3.23. The van der Waals surface area contributed by atoms with Gasteiger partial charge in [-0.15, -0.1) is 11.3 Å². The van der Waals surface area contributed by atoms with Crippen LogP contribution in [0.5, 0.6) is 0 Å². The van der Waals surface area contributed by atoms with Crippen LogP contribution in [-0.2, 0) is 6.42 Å². The van der Waals surface area contributed by atoms with E-state index in [2.05, 4.69) is 47.7 Å². The number of hydrogen-bond donors (Lipinski definition) is 1. The lowest BCUT2D eigenvalue weighted by molar-refractivity contribution is 0.459. The molecule has 1 aliphatic heterocycles. The zero-order valence-electron chi connectivity index (χ0n) is 11.4. The molecule has 1 aromatic carbocycles. The number of nitrogens with zero attached hydrogens (tertiary/aromatic N) is 1. The lowest BCUT2D eigenvalue weighted by atomic mass is 9.99. The van der Waals surface area contributed by atoms with Gasteiger partial charge in [0.15, 0.2) is 0 Å². The van der Waals surface area contributed by atoms with E-state index in [4.69, 9.17) is 0 Å². The van der Waals surface area contributed by atoms with E-state index in [1.165, 1.54) is 33.9 Å². The summed E-state index contributed by atoms with van der Waals surface area (Å²) >= 11 is 1.90. The quantitative estimate of drug-likeness (QED) is 0.925. The van der Waals surface area contributed by atoms with Gasteiger partial charge in [0, 0.05) is 23.4 Å². The molecule has 0 amide bonds. The Labute approximate surface area is 118 Å². The van der Waals surface area contributed by atoms with Gasteiger partial charge in [-0.1, -0.05) is 29.8 Å². The third-order valence-corrected chi connectivity index (χ3v) is 4.88. The number of nitrogens with one attached hydrogen (secondary N) is 1.